The number of nitrogens with zero attached hydrogens (tertiary/aromatic N) is 3. The number of benzene rings is 1. The van der Waals surface area contributed by atoms with Crippen LogP contribution in [0.15, 0.2) is 42.7 Å². The van der Waals surface area contributed by atoms with Crippen LogP contribution in [0.25, 0.3) is 11.3 Å². The van der Waals surface area contributed by atoms with Crippen LogP contribution in [-0.2, 0) is 7.05 Å². The molecule has 0 saturated heterocycles. The van der Waals surface area contributed by atoms with Crippen LogP contribution in [0.3, 0.4) is 0 Å². The Morgan fingerprint density at radius 1 is 1.30 bits per heavy atom. The standard InChI is InChI=1S/C20H21ClFN5O3/c1-27-18(17(21)12-25-27)16-10-15(11-24-20(16)30-8-6-23-5-7-28)26-19(29)13-3-2-4-14(22)9-13/h2-4,9-12,23,28H,5-8H2,1H3,(H,26,29). The number of rotatable bonds is 9. The molecule has 0 atom stereocenters. The summed E-state index contributed by atoms with van der Waals surface area (Å²) < 4.78 is 20.7. The maximum atomic E-state index is 13.4. The second-order valence-electron chi connectivity index (χ2n) is 6.33. The molecule has 3 N–H and O–H groups in total. The summed E-state index contributed by atoms with van der Waals surface area (Å²) in [6, 6.07) is 7.07. The Hall–Kier alpha value is -3.01. The lowest BCUT2D eigenvalue weighted by molar-refractivity contribution is 0.102. The molecule has 158 valence electrons. The van der Waals surface area contributed by atoms with Gasteiger partial charge in [-0.2, -0.15) is 5.10 Å². The predicted molar refractivity (Wildman–Crippen MR) is 111 cm³/mol. The highest BCUT2D eigenvalue weighted by atomic mass is 35.5. The van der Waals surface area contributed by atoms with Crippen LogP contribution in [0.1, 0.15) is 10.4 Å². The molecule has 0 saturated carbocycles. The van der Waals surface area contributed by atoms with Gasteiger partial charge in [-0.1, -0.05) is 17.7 Å². The monoisotopic (exact) mass is 433 g/mol. The van der Waals surface area contributed by atoms with E-state index in [1.54, 1.807) is 17.8 Å². The van der Waals surface area contributed by atoms with Crippen molar-refractivity contribution in [2.45, 2.75) is 0 Å². The molecular formula is C20H21ClFN5O3. The number of anilines is 1. The number of carbonyl (C=O) groups excluding carboxylic acids is 1. The molecule has 8 nitrogen and oxygen atoms in total. The number of hydrogen-bond donors (Lipinski definition) is 3. The number of hydrogen-bond acceptors (Lipinski definition) is 6. The summed E-state index contributed by atoms with van der Waals surface area (Å²) in [5.41, 5.74) is 1.69. The van der Waals surface area contributed by atoms with Crippen molar-refractivity contribution in [1.29, 1.82) is 0 Å². The SMILES string of the molecule is Cn1ncc(Cl)c1-c1cc(NC(=O)c2cccc(F)c2)cnc1OCCNCCO. The highest BCUT2D eigenvalue weighted by Gasteiger charge is 2.18. The van der Waals surface area contributed by atoms with Gasteiger partial charge in [-0.3, -0.25) is 9.48 Å². The third kappa shape index (κ3) is 5.32. The van der Waals surface area contributed by atoms with E-state index in [2.05, 4.69) is 20.7 Å². The molecule has 0 unspecified atom stereocenters. The van der Waals surface area contributed by atoms with Crippen LogP contribution in [0.2, 0.25) is 5.02 Å². The van der Waals surface area contributed by atoms with Gasteiger partial charge < -0.3 is 20.5 Å². The molecule has 0 aliphatic rings. The van der Waals surface area contributed by atoms with E-state index in [9.17, 15) is 9.18 Å². The molecule has 3 aromatic rings. The van der Waals surface area contributed by atoms with E-state index in [1.807, 2.05) is 0 Å². The fourth-order valence-corrected chi connectivity index (χ4v) is 3.04. The van der Waals surface area contributed by atoms with Gasteiger partial charge in [-0.25, -0.2) is 9.37 Å². The first kappa shape index (κ1) is 21.7. The van der Waals surface area contributed by atoms with Gasteiger partial charge in [0.2, 0.25) is 5.88 Å². The highest BCUT2D eigenvalue weighted by Crippen LogP contribution is 2.35. The first-order valence-electron chi connectivity index (χ1n) is 9.19. The number of aliphatic hydroxyl groups excluding tert-OH is 1. The average Bonchev–Trinajstić information content (AvgIpc) is 3.06. The zero-order valence-corrected chi connectivity index (χ0v) is 17.0. The van der Waals surface area contributed by atoms with E-state index in [0.717, 1.165) is 6.07 Å². The van der Waals surface area contributed by atoms with Crippen molar-refractivity contribution >= 4 is 23.2 Å². The Balaban J connectivity index is 1.85. The summed E-state index contributed by atoms with van der Waals surface area (Å²) in [5.74, 6) is -0.656. The summed E-state index contributed by atoms with van der Waals surface area (Å²) in [6.07, 6.45) is 2.95. The summed E-state index contributed by atoms with van der Waals surface area (Å²) in [7, 11) is 1.73. The molecule has 0 aliphatic heterocycles. The third-order valence-electron chi connectivity index (χ3n) is 4.15. The molecule has 1 aromatic carbocycles. The first-order chi connectivity index (χ1) is 14.5. The van der Waals surface area contributed by atoms with Crippen LogP contribution in [0.4, 0.5) is 10.1 Å². The van der Waals surface area contributed by atoms with E-state index in [4.69, 9.17) is 21.4 Å². The summed E-state index contributed by atoms with van der Waals surface area (Å²) in [6.45, 7) is 1.32. The largest absolute Gasteiger partial charge is 0.476 e. The first-order valence-corrected chi connectivity index (χ1v) is 9.56. The number of aryl methyl sites for hydroxylation is 1. The molecule has 3 rings (SSSR count). The Kier molecular flexibility index (Phi) is 7.34. The van der Waals surface area contributed by atoms with Crippen molar-refractivity contribution in [2.24, 2.45) is 7.05 Å². The van der Waals surface area contributed by atoms with Crippen LogP contribution in [-0.4, -0.2) is 52.1 Å². The van der Waals surface area contributed by atoms with Gasteiger partial charge in [-0.05, 0) is 24.3 Å². The Morgan fingerprint density at radius 3 is 2.83 bits per heavy atom. The number of aliphatic hydroxyl groups is 1. The van der Waals surface area contributed by atoms with Gasteiger partial charge in [0.25, 0.3) is 5.91 Å². The lowest BCUT2D eigenvalue weighted by Gasteiger charge is -2.14. The van der Waals surface area contributed by atoms with E-state index in [-0.39, 0.29) is 12.2 Å². The maximum absolute atomic E-state index is 13.4. The molecular weight excluding hydrogens is 413 g/mol. The topological polar surface area (TPSA) is 101 Å². The molecule has 0 aliphatic carbocycles. The third-order valence-corrected chi connectivity index (χ3v) is 4.43. The van der Waals surface area contributed by atoms with Crippen molar-refractivity contribution in [3.05, 3.63) is 59.1 Å². The van der Waals surface area contributed by atoms with Crippen LogP contribution >= 0.6 is 11.6 Å². The zero-order valence-electron chi connectivity index (χ0n) is 16.2. The van der Waals surface area contributed by atoms with Crippen LogP contribution in [0.5, 0.6) is 5.88 Å². The molecule has 0 fully saturated rings. The summed E-state index contributed by atoms with van der Waals surface area (Å²) in [4.78, 5) is 16.8. The van der Waals surface area contributed by atoms with Gasteiger partial charge in [0.05, 0.1) is 41.0 Å². The van der Waals surface area contributed by atoms with E-state index < -0.39 is 11.7 Å². The average molecular weight is 434 g/mol. The number of halogens is 2. The number of pyridine rings is 1. The normalized spacial score (nSPS) is 10.8. The molecule has 10 heteroatoms. The molecule has 0 radical (unpaired) electrons. The minimum Gasteiger partial charge on any atom is -0.476 e. The zero-order chi connectivity index (χ0) is 21.5. The second-order valence-corrected chi connectivity index (χ2v) is 6.74. The van der Waals surface area contributed by atoms with E-state index in [1.165, 1.54) is 30.6 Å². The number of carbonyl (C=O) groups is 1. The predicted octanol–water partition coefficient (Wildman–Crippen LogP) is 2.49. The van der Waals surface area contributed by atoms with Gasteiger partial charge in [0.1, 0.15) is 12.4 Å². The number of nitrogens with one attached hydrogen (secondary N) is 2. The minimum absolute atomic E-state index is 0.0356. The van der Waals surface area contributed by atoms with Crippen molar-refractivity contribution in [3.63, 3.8) is 0 Å². The fourth-order valence-electron chi connectivity index (χ4n) is 2.78. The van der Waals surface area contributed by atoms with E-state index >= 15 is 0 Å². The van der Waals surface area contributed by atoms with Gasteiger partial charge in [-0.15, -0.1) is 0 Å². The summed E-state index contributed by atoms with van der Waals surface area (Å²) >= 11 is 6.29. The molecule has 0 spiro atoms. The van der Waals surface area contributed by atoms with Crippen LogP contribution in [0, 0.1) is 5.82 Å². The highest BCUT2D eigenvalue weighted by molar-refractivity contribution is 6.33. The minimum atomic E-state index is -0.498. The van der Waals surface area contributed by atoms with Crippen LogP contribution < -0.4 is 15.4 Å². The Labute approximate surface area is 177 Å². The van der Waals surface area contributed by atoms with Gasteiger partial charge in [0.15, 0.2) is 0 Å². The quantitative estimate of drug-likeness (QED) is 0.448. The number of aromatic nitrogens is 3. The van der Waals surface area contributed by atoms with Crippen molar-refractivity contribution in [3.8, 4) is 17.1 Å². The summed E-state index contributed by atoms with van der Waals surface area (Å²) in [5, 5.41) is 19.1. The van der Waals surface area contributed by atoms with Gasteiger partial charge in [0, 0.05) is 25.7 Å². The second kappa shape index (κ2) is 10.1. The van der Waals surface area contributed by atoms with Crippen molar-refractivity contribution in [1.82, 2.24) is 20.1 Å². The maximum Gasteiger partial charge on any atom is 0.255 e. The van der Waals surface area contributed by atoms with Crippen molar-refractivity contribution in [2.75, 3.05) is 31.6 Å². The van der Waals surface area contributed by atoms with Crippen molar-refractivity contribution < 1.29 is 19.0 Å². The Morgan fingerprint density at radius 2 is 2.13 bits per heavy atom. The number of ether oxygens (including phenoxy) is 1. The fraction of sp³-hybridized carbons (Fsp3) is 0.250. The molecule has 2 heterocycles. The molecule has 2 aromatic heterocycles. The smallest absolute Gasteiger partial charge is 0.255 e. The molecule has 1 amide bonds. The van der Waals surface area contributed by atoms with Gasteiger partial charge >= 0.3 is 0 Å². The number of amides is 1. The molecule has 30 heavy (non-hydrogen) atoms. The lowest BCUT2D eigenvalue weighted by Crippen LogP contribution is -2.24. The Bertz CT molecular complexity index is 1010. The van der Waals surface area contributed by atoms with E-state index in [0.29, 0.717) is 47.5 Å². The lowest BCUT2D eigenvalue weighted by atomic mass is 10.1. The molecule has 0 bridgehead atoms.